The lowest BCUT2D eigenvalue weighted by molar-refractivity contribution is 0.580. The van der Waals surface area contributed by atoms with Crippen molar-refractivity contribution in [1.29, 1.82) is 0 Å². The van der Waals surface area contributed by atoms with Crippen molar-refractivity contribution >= 4 is 17.2 Å². The van der Waals surface area contributed by atoms with Crippen molar-refractivity contribution in [2.75, 3.05) is 23.5 Å². The molecule has 0 bridgehead atoms. The number of H-pyrrole nitrogens is 2. The Labute approximate surface area is 158 Å². The zero-order chi connectivity index (χ0) is 19.8. The second-order valence-electron chi connectivity index (χ2n) is 6.28. The molecule has 0 amide bonds. The Morgan fingerprint density at radius 1 is 0.929 bits per heavy atom. The van der Waals surface area contributed by atoms with E-state index in [0.717, 1.165) is 17.7 Å². The first-order valence-corrected chi connectivity index (χ1v) is 8.35. The first-order valence-electron chi connectivity index (χ1n) is 8.35. The monoisotopic (exact) mass is 380 g/mol. The largest absolute Gasteiger partial charge is 0.349 e. The molecular formula is C20H14F2N4O2. The summed E-state index contributed by atoms with van der Waals surface area (Å²) in [7, 11) is 1.59. The number of anilines is 3. The highest BCUT2D eigenvalue weighted by Crippen LogP contribution is 2.37. The number of benzene rings is 2. The molecule has 1 aliphatic rings. The maximum Gasteiger partial charge on any atom is 0.327 e. The lowest BCUT2D eigenvalue weighted by atomic mass is 10.1. The summed E-state index contributed by atoms with van der Waals surface area (Å²) in [5.41, 5.74) is -0.720. The number of rotatable bonds is 1. The van der Waals surface area contributed by atoms with E-state index >= 15 is 0 Å². The zero-order valence-corrected chi connectivity index (χ0v) is 14.7. The maximum atomic E-state index is 14.8. The quantitative estimate of drug-likeness (QED) is 0.636. The molecule has 0 saturated heterocycles. The van der Waals surface area contributed by atoms with E-state index in [9.17, 15) is 18.4 Å². The Morgan fingerprint density at radius 2 is 1.57 bits per heavy atom. The van der Waals surface area contributed by atoms with Crippen LogP contribution < -0.4 is 21.0 Å². The summed E-state index contributed by atoms with van der Waals surface area (Å²) in [6.07, 6.45) is 0. The molecular weight excluding hydrogens is 366 g/mol. The molecule has 3 aromatic rings. The average Bonchev–Trinajstić information content (AvgIpc) is 2.96. The smallest absolute Gasteiger partial charge is 0.327 e. The van der Waals surface area contributed by atoms with Crippen molar-refractivity contribution in [3.05, 3.63) is 86.1 Å². The Bertz CT molecular complexity index is 1220. The summed E-state index contributed by atoms with van der Waals surface area (Å²) >= 11 is 0. The summed E-state index contributed by atoms with van der Waals surface area (Å²) in [4.78, 5) is 30.9. The summed E-state index contributed by atoms with van der Waals surface area (Å²) in [5.74, 6) is 3.92. The molecule has 1 aliphatic heterocycles. The Hall–Kier alpha value is -3.86. The van der Waals surface area contributed by atoms with Crippen LogP contribution in [0.2, 0.25) is 0 Å². The van der Waals surface area contributed by atoms with Gasteiger partial charge in [-0.1, -0.05) is 30.0 Å². The highest BCUT2D eigenvalue weighted by Gasteiger charge is 2.32. The van der Waals surface area contributed by atoms with Crippen LogP contribution in [0.1, 0.15) is 11.1 Å². The van der Waals surface area contributed by atoms with Crippen LogP contribution in [-0.4, -0.2) is 23.7 Å². The van der Waals surface area contributed by atoms with Crippen LogP contribution in [0.25, 0.3) is 0 Å². The van der Waals surface area contributed by atoms with Gasteiger partial charge in [-0.05, 0) is 24.3 Å². The second kappa shape index (κ2) is 6.70. The van der Waals surface area contributed by atoms with Crippen LogP contribution in [0.5, 0.6) is 0 Å². The number of hydrogen-bond donors (Lipinski definition) is 2. The fraction of sp³-hybridized carbons (Fsp3) is 0.100. The van der Waals surface area contributed by atoms with E-state index in [1.165, 1.54) is 9.80 Å². The molecule has 2 aromatic carbocycles. The molecule has 28 heavy (non-hydrogen) atoms. The van der Waals surface area contributed by atoms with Gasteiger partial charge in [-0.25, -0.2) is 13.6 Å². The molecule has 0 saturated carbocycles. The number of aromatic amines is 2. The third-order valence-electron chi connectivity index (χ3n) is 4.32. The summed E-state index contributed by atoms with van der Waals surface area (Å²) < 4.78 is 29.5. The minimum Gasteiger partial charge on any atom is -0.349 e. The number of fused-ring (bicyclic) bond motifs is 1. The normalized spacial score (nSPS) is 12.5. The SMILES string of the molecule is CN1CN(c2c(F)cc(C#Cc3ccccc3)cc2F)c2[nH]c(=O)[nH]c(=O)c21. The molecule has 0 spiro atoms. The van der Waals surface area contributed by atoms with Gasteiger partial charge in [-0.2, -0.15) is 0 Å². The summed E-state index contributed by atoms with van der Waals surface area (Å²) in [5, 5.41) is 0. The van der Waals surface area contributed by atoms with E-state index in [2.05, 4.69) is 21.8 Å². The molecule has 6 nitrogen and oxygen atoms in total. The first-order chi connectivity index (χ1) is 13.4. The van der Waals surface area contributed by atoms with Gasteiger partial charge in [0.15, 0.2) is 11.6 Å². The second-order valence-corrected chi connectivity index (χ2v) is 6.28. The Morgan fingerprint density at radius 3 is 2.25 bits per heavy atom. The molecule has 0 fully saturated rings. The van der Waals surface area contributed by atoms with Gasteiger partial charge in [0.1, 0.15) is 17.2 Å². The van der Waals surface area contributed by atoms with Crippen LogP contribution in [0.4, 0.5) is 26.0 Å². The van der Waals surface area contributed by atoms with Gasteiger partial charge in [0.2, 0.25) is 0 Å². The molecule has 1 aromatic heterocycles. The van der Waals surface area contributed by atoms with Crippen LogP contribution in [0.15, 0.2) is 52.1 Å². The fourth-order valence-corrected chi connectivity index (χ4v) is 3.11. The lowest BCUT2D eigenvalue weighted by Gasteiger charge is -2.20. The van der Waals surface area contributed by atoms with E-state index in [4.69, 9.17) is 0 Å². The van der Waals surface area contributed by atoms with Gasteiger partial charge in [0.25, 0.3) is 5.56 Å². The number of nitrogens with one attached hydrogen (secondary N) is 2. The van der Waals surface area contributed by atoms with Crippen LogP contribution >= 0.6 is 0 Å². The molecule has 0 aliphatic carbocycles. The van der Waals surface area contributed by atoms with Gasteiger partial charge in [0, 0.05) is 18.2 Å². The molecule has 2 heterocycles. The standard InChI is InChI=1S/C20H14F2N4O2/c1-25-11-26(18-17(25)19(27)24-20(28)23-18)16-14(21)9-13(10-15(16)22)8-7-12-5-3-2-4-6-12/h2-6,9-10H,11H2,1H3,(H2,23,24,27,28). The molecule has 8 heteroatoms. The van der Waals surface area contributed by atoms with Gasteiger partial charge < -0.3 is 9.80 Å². The minimum absolute atomic E-state index is 0.00124. The Kier molecular flexibility index (Phi) is 4.20. The first kappa shape index (κ1) is 17.5. The number of hydrogen-bond acceptors (Lipinski definition) is 4. The van der Waals surface area contributed by atoms with E-state index in [0.29, 0.717) is 0 Å². The van der Waals surface area contributed by atoms with Gasteiger partial charge in [-0.3, -0.25) is 14.8 Å². The number of aromatic nitrogens is 2. The van der Waals surface area contributed by atoms with Crippen molar-refractivity contribution < 1.29 is 8.78 Å². The Balaban J connectivity index is 1.77. The van der Waals surface area contributed by atoms with E-state index in [-0.39, 0.29) is 29.4 Å². The number of nitrogens with zero attached hydrogens (tertiary/aromatic N) is 2. The average molecular weight is 380 g/mol. The van der Waals surface area contributed by atoms with Crippen LogP contribution in [0, 0.1) is 23.5 Å². The summed E-state index contributed by atoms with van der Waals surface area (Å²) in [6, 6.07) is 11.3. The highest BCUT2D eigenvalue weighted by atomic mass is 19.1. The lowest BCUT2D eigenvalue weighted by Crippen LogP contribution is -2.27. The molecule has 0 atom stereocenters. The molecule has 2 N–H and O–H groups in total. The van der Waals surface area contributed by atoms with E-state index in [1.54, 1.807) is 19.2 Å². The van der Waals surface area contributed by atoms with Crippen molar-refractivity contribution in [1.82, 2.24) is 9.97 Å². The topological polar surface area (TPSA) is 72.2 Å². The van der Waals surface area contributed by atoms with Crippen molar-refractivity contribution in [3.8, 4) is 11.8 Å². The predicted octanol–water partition coefficient (Wildman–Crippen LogP) is 2.29. The van der Waals surface area contributed by atoms with E-state index in [1.807, 2.05) is 18.2 Å². The number of halogens is 2. The van der Waals surface area contributed by atoms with Crippen molar-refractivity contribution in [2.45, 2.75) is 0 Å². The minimum atomic E-state index is -0.847. The van der Waals surface area contributed by atoms with Gasteiger partial charge in [0.05, 0.1) is 6.67 Å². The maximum absolute atomic E-state index is 14.8. The highest BCUT2D eigenvalue weighted by molar-refractivity contribution is 5.78. The van der Waals surface area contributed by atoms with E-state index < -0.39 is 22.9 Å². The van der Waals surface area contributed by atoms with Crippen LogP contribution in [0.3, 0.4) is 0 Å². The van der Waals surface area contributed by atoms with Gasteiger partial charge in [-0.15, -0.1) is 0 Å². The zero-order valence-electron chi connectivity index (χ0n) is 14.7. The predicted molar refractivity (Wildman–Crippen MR) is 102 cm³/mol. The third-order valence-corrected chi connectivity index (χ3v) is 4.32. The third kappa shape index (κ3) is 3.03. The molecule has 4 rings (SSSR count). The van der Waals surface area contributed by atoms with Crippen LogP contribution in [-0.2, 0) is 0 Å². The molecule has 0 unspecified atom stereocenters. The summed E-state index contributed by atoms with van der Waals surface area (Å²) in [6.45, 7) is 0.00124. The van der Waals surface area contributed by atoms with Crippen molar-refractivity contribution in [3.63, 3.8) is 0 Å². The molecule has 140 valence electrons. The fourth-order valence-electron chi connectivity index (χ4n) is 3.11. The van der Waals surface area contributed by atoms with Gasteiger partial charge >= 0.3 is 5.69 Å². The molecule has 0 radical (unpaired) electrons. The van der Waals surface area contributed by atoms with Crippen molar-refractivity contribution in [2.24, 2.45) is 0 Å².